The molecule has 1 aliphatic heterocycles. The molecule has 2 heterocycles. The summed E-state index contributed by atoms with van der Waals surface area (Å²) in [5, 5.41) is 1.55. The van der Waals surface area contributed by atoms with Crippen LogP contribution in [0, 0.1) is 27.7 Å². The van der Waals surface area contributed by atoms with E-state index in [4.69, 9.17) is 0 Å². The Hall–Kier alpha value is -2.43. The molecule has 1 N–H and O–H groups in total. The molecule has 2 aromatic rings. The van der Waals surface area contributed by atoms with Crippen LogP contribution in [-0.4, -0.2) is 15.9 Å². The van der Waals surface area contributed by atoms with Crippen LogP contribution in [0.3, 0.4) is 0 Å². The first kappa shape index (κ1) is 14.5. The maximum atomic E-state index is 12.6. The van der Waals surface area contributed by atoms with Crippen molar-refractivity contribution in [2.24, 2.45) is 0 Å². The van der Waals surface area contributed by atoms with Crippen molar-refractivity contribution in [3.63, 3.8) is 0 Å². The number of aryl methyl sites for hydroxylation is 4. The molecule has 1 unspecified atom stereocenters. The Bertz CT molecular complexity index is 746. The summed E-state index contributed by atoms with van der Waals surface area (Å²) in [4.78, 5) is 21.2. The SMILES string of the molecule is Cc1cc(C)c(NN2C(=O)C(C)c3cnc(C)nc32)c(C)c1. The van der Waals surface area contributed by atoms with Crippen LogP contribution in [-0.2, 0) is 4.79 Å². The van der Waals surface area contributed by atoms with E-state index in [2.05, 4.69) is 34.5 Å². The van der Waals surface area contributed by atoms with Crippen molar-refractivity contribution >= 4 is 17.4 Å². The zero-order valence-corrected chi connectivity index (χ0v) is 13.6. The molecule has 5 nitrogen and oxygen atoms in total. The number of carbonyl (C=O) groups excluding carboxylic acids is 1. The number of carbonyl (C=O) groups is 1. The number of hydrogen-bond donors (Lipinski definition) is 1. The van der Waals surface area contributed by atoms with Gasteiger partial charge in [-0.3, -0.25) is 10.2 Å². The van der Waals surface area contributed by atoms with Crippen LogP contribution < -0.4 is 10.4 Å². The van der Waals surface area contributed by atoms with E-state index in [0.717, 1.165) is 22.4 Å². The maximum Gasteiger partial charge on any atom is 0.254 e. The number of anilines is 2. The first-order chi connectivity index (χ1) is 10.4. The molecule has 1 atom stereocenters. The molecule has 0 bridgehead atoms. The average Bonchev–Trinajstić information content (AvgIpc) is 2.66. The maximum absolute atomic E-state index is 12.6. The fraction of sp³-hybridized carbons (Fsp3) is 0.353. The van der Waals surface area contributed by atoms with Gasteiger partial charge in [-0.15, -0.1) is 0 Å². The summed E-state index contributed by atoms with van der Waals surface area (Å²) in [6, 6.07) is 4.21. The van der Waals surface area contributed by atoms with Crippen LogP contribution in [0.2, 0.25) is 0 Å². The number of hydrogen-bond acceptors (Lipinski definition) is 4. The molecule has 3 rings (SSSR count). The fourth-order valence-corrected chi connectivity index (χ4v) is 2.96. The predicted octanol–water partition coefficient (Wildman–Crippen LogP) is 3.19. The molecule has 1 amide bonds. The van der Waals surface area contributed by atoms with Crippen molar-refractivity contribution in [2.45, 2.75) is 40.5 Å². The monoisotopic (exact) mass is 296 g/mol. The van der Waals surface area contributed by atoms with Gasteiger partial charge in [0.05, 0.1) is 11.6 Å². The summed E-state index contributed by atoms with van der Waals surface area (Å²) < 4.78 is 0. The second-order valence-corrected chi connectivity index (χ2v) is 5.98. The van der Waals surface area contributed by atoms with Crippen molar-refractivity contribution in [3.05, 3.63) is 46.4 Å². The highest BCUT2D eigenvalue weighted by atomic mass is 16.2. The molecule has 5 heteroatoms. The Labute approximate surface area is 130 Å². The van der Waals surface area contributed by atoms with Crippen molar-refractivity contribution < 1.29 is 4.79 Å². The molecule has 0 aliphatic carbocycles. The highest BCUT2D eigenvalue weighted by molar-refractivity contribution is 6.05. The molecule has 22 heavy (non-hydrogen) atoms. The van der Waals surface area contributed by atoms with Crippen LogP contribution in [0.1, 0.15) is 40.9 Å². The zero-order chi connectivity index (χ0) is 16.0. The summed E-state index contributed by atoms with van der Waals surface area (Å²) in [6.45, 7) is 9.86. The Morgan fingerprint density at radius 1 is 1.14 bits per heavy atom. The lowest BCUT2D eigenvalue weighted by atomic mass is 10.1. The van der Waals surface area contributed by atoms with Gasteiger partial charge in [-0.25, -0.2) is 15.0 Å². The molecule has 1 aromatic carbocycles. The van der Waals surface area contributed by atoms with Crippen LogP contribution in [0.5, 0.6) is 0 Å². The molecule has 0 saturated carbocycles. The summed E-state index contributed by atoms with van der Waals surface area (Å²) in [6.07, 6.45) is 1.75. The third-order valence-electron chi connectivity index (χ3n) is 4.09. The van der Waals surface area contributed by atoms with Gasteiger partial charge in [0.15, 0.2) is 5.82 Å². The van der Waals surface area contributed by atoms with E-state index >= 15 is 0 Å². The lowest BCUT2D eigenvalue weighted by Gasteiger charge is -2.22. The van der Waals surface area contributed by atoms with Gasteiger partial charge in [-0.05, 0) is 45.7 Å². The second kappa shape index (κ2) is 5.09. The Morgan fingerprint density at radius 3 is 2.41 bits per heavy atom. The van der Waals surface area contributed by atoms with Crippen LogP contribution >= 0.6 is 0 Å². The number of benzene rings is 1. The van der Waals surface area contributed by atoms with E-state index in [0.29, 0.717) is 11.6 Å². The average molecular weight is 296 g/mol. The largest absolute Gasteiger partial charge is 0.289 e. The highest BCUT2D eigenvalue weighted by Gasteiger charge is 2.36. The Kier molecular flexibility index (Phi) is 3.35. The van der Waals surface area contributed by atoms with Gasteiger partial charge < -0.3 is 0 Å². The summed E-state index contributed by atoms with van der Waals surface area (Å²) in [5.41, 5.74) is 8.51. The number of nitrogens with one attached hydrogen (secondary N) is 1. The van der Waals surface area contributed by atoms with E-state index in [-0.39, 0.29) is 11.8 Å². The lowest BCUT2D eigenvalue weighted by Crippen LogP contribution is -2.35. The predicted molar refractivity (Wildman–Crippen MR) is 86.9 cm³/mol. The van der Waals surface area contributed by atoms with Gasteiger partial charge in [0, 0.05) is 11.8 Å². The topological polar surface area (TPSA) is 58.1 Å². The quantitative estimate of drug-likeness (QED) is 0.924. The molecule has 0 fully saturated rings. The minimum Gasteiger partial charge on any atom is -0.289 e. The van der Waals surface area contributed by atoms with E-state index in [9.17, 15) is 4.79 Å². The van der Waals surface area contributed by atoms with E-state index in [1.807, 2.05) is 27.7 Å². The first-order valence-corrected chi connectivity index (χ1v) is 7.40. The molecule has 114 valence electrons. The van der Waals surface area contributed by atoms with Crippen molar-refractivity contribution in [2.75, 3.05) is 10.4 Å². The van der Waals surface area contributed by atoms with Crippen molar-refractivity contribution in [1.29, 1.82) is 0 Å². The Morgan fingerprint density at radius 2 is 1.77 bits per heavy atom. The number of hydrazine groups is 1. The second-order valence-electron chi connectivity index (χ2n) is 5.98. The molecule has 0 radical (unpaired) electrons. The van der Waals surface area contributed by atoms with Gasteiger partial charge in [0.1, 0.15) is 5.82 Å². The van der Waals surface area contributed by atoms with Gasteiger partial charge in [0.2, 0.25) is 0 Å². The zero-order valence-electron chi connectivity index (χ0n) is 13.6. The fourth-order valence-electron chi connectivity index (χ4n) is 2.96. The summed E-state index contributed by atoms with van der Waals surface area (Å²) >= 11 is 0. The molecule has 1 aromatic heterocycles. The van der Waals surface area contributed by atoms with Crippen LogP contribution in [0.15, 0.2) is 18.3 Å². The number of amides is 1. The van der Waals surface area contributed by atoms with E-state index < -0.39 is 0 Å². The Balaban J connectivity index is 2.04. The standard InChI is InChI=1S/C17H20N4O/c1-9-6-10(2)15(11(3)7-9)20-21-16-14(12(4)17(21)22)8-18-13(5)19-16/h6-8,12,20H,1-5H3. The van der Waals surface area contributed by atoms with Crippen molar-refractivity contribution in [1.82, 2.24) is 9.97 Å². The van der Waals surface area contributed by atoms with Gasteiger partial charge in [-0.2, -0.15) is 0 Å². The number of nitrogens with zero attached hydrogens (tertiary/aromatic N) is 3. The third-order valence-corrected chi connectivity index (χ3v) is 4.09. The van der Waals surface area contributed by atoms with Crippen LogP contribution in [0.25, 0.3) is 0 Å². The molecule has 1 aliphatic rings. The third kappa shape index (κ3) is 2.22. The smallest absolute Gasteiger partial charge is 0.254 e. The molecule has 0 spiro atoms. The number of rotatable bonds is 2. The molecular weight excluding hydrogens is 276 g/mol. The highest BCUT2D eigenvalue weighted by Crippen LogP contribution is 2.36. The summed E-state index contributed by atoms with van der Waals surface area (Å²) in [5.74, 6) is 1.08. The first-order valence-electron chi connectivity index (χ1n) is 7.40. The van der Waals surface area contributed by atoms with Gasteiger partial charge in [-0.1, -0.05) is 17.7 Å². The van der Waals surface area contributed by atoms with Gasteiger partial charge >= 0.3 is 0 Å². The minimum atomic E-state index is -0.228. The summed E-state index contributed by atoms with van der Waals surface area (Å²) in [7, 11) is 0. The molecular formula is C17H20N4O. The lowest BCUT2D eigenvalue weighted by molar-refractivity contribution is -0.118. The normalized spacial score (nSPS) is 16.9. The minimum absolute atomic E-state index is 0.00530. The van der Waals surface area contributed by atoms with E-state index in [1.165, 1.54) is 5.56 Å². The van der Waals surface area contributed by atoms with Crippen LogP contribution in [0.4, 0.5) is 11.5 Å². The van der Waals surface area contributed by atoms with E-state index in [1.54, 1.807) is 11.2 Å². The molecule has 0 saturated heterocycles. The number of fused-ring (bicyclic) bond motifs is 1. The van der Waals surface area contributed by atoms with Gasteiger partial charge in [0.25, 0.3) is 5.91 Å². The van der Waals surface area contributed by atoms with Crippen molar-refractivity contribution in [3.8, 4) is 0 Å². The number of aromatic nitrogens is 2.